The number of ether oxygens (including phenoxy) is 1. The van der Waals surface area contributed by atoms with Crippen molar-refractivity contribution in [1.82, 2.24) is 9.97 Å². The van der Waals surface area contributed by atoms with Crippen LogP contribution in [0.1, 0.15) is 11.4 Å². The maximum Gasteiger partial charge on any atom is 0.228 e. The Kier molecular flexibility index (Phi) is 4.47. The Morgan fingerprint density at radius 2 is 2.05 bits per heavy atom. The molecule has 0 saturated heterocycles. The van der Waals surface area contributed by atoms with Gasteiger partial charge in [0.15, 0.2) is 0 Å². The zero-order chi connectivity index (χ0) is 14.4. The van der Waals surface area contributed by atoms with Crippen LogP contribution in [0.5, 0.6) is 5.75 Å². The number of hydrogen-bond donors (Lipinski definition) is 2. The summed E-state index contributed by atoms with van der Waals surface area (Å²) >= 11 is 0. The van der Waals surface area contributed by atoms with Crippen LogP contribution >= 0.6 is 0 Å². The van der Waals surface area contributed by atoms with Crippen molar-refractivity contribution in [2.75, 3.05) is 18.5 Å². The van der Waals surface area contributed by atoms with Gasteiger partial charge >= 0.3 is 0 Å². The molecule has 2 aromatic rings. The molecule has 0 aliphatic rings. The van der Waals surface area contributed by atoms with Crippen LogP contribution in [0.3, 0.4) is 0 Å². The first-order valence-corrected chi connectivity index (χ1v) is 6.17. The van der Waals surface area contributed by atoms with Gasteiger partial charge in [-0.25, -0.2) is 9.97 Å². The molecule has 102 valence electrons. The number of hydrogen-bond acceptors (Lipinski definition) is 6. The summed E-state index contributed by atoms with van der Waals surface area (Å²) in [6.07, 6.45) is 0. The molecule has 20 heavy (non-hydrogen) atoms. The topological polar surface area (TPSA) is 96.8 Å². The fraction of sp³-hybridized carbons (Fsp3) is 0.214. The fourth-order valence-electron chi connectivity index (χ4n) is 1.62. The van der Waals surface area contributed by atoms with Crippen LogP contribution in [0.4, 0.5) is 11.6 Å². The first-order valence-electron chi connectivity index (χ1n) is 6.17. The van der Waals surface area contributed by atoms with E-state index in [4.69, 9.17) is 15.7 Å². The second-order valence-corrected chi connectivity index (χ2v) is 4.12. The van der Waals surface area contributed by atoms with Gasteiger partial charge in [0.25, 0.3) is 0 Å². The third kappa shape index (κ3) is 3.67. The molecule has 0 unspecified atom stereocenters. The van der Waals surface area contributed by atoms with E-state index in [-0.39, 0.29) is 0 Å². The lowest BCUT2D eigenvalue weighted by molar-refractivity contribution is 0.328. The Labute approximate surface area is 117 Å². The normalized spacial score (nSPS) is 9.85. The lowest BCUT2D eigenvalue weighted by Crippen LogP contribution is -2.10. The standard InChI is InChI=1S/C14H15N5O/c1-10-8-12(9-16)19-14(17-10)18-11-2-4-13(5-3-11)20-7-6-15/h2-5,8H,6-7,15H2,1H3,(H,17,18,19). The number of anilines is 2. The Balaban J connectivity index is 2.10. The molecule has 2 rings (SSSR count). The Bertz CT molecular complexity index is 618. The van der Waals surface area contributed by atoms with Crippen molar-refractivity contribution < 1.29 is 4.74 Å². The zero-order valence-corrected chi connectivity index (χ0v) is 11.1. The molecule has 0 aliphatic carbocycles. The maximum absolute atomic E-state index is 8.88. The Hall–Kier alpha value is -2.65. The summed E-state index contributed by atoms with van der Waals surface area (Å²) in [6, 6.07) is 11.0. The minimum absolute atomic E-state index is 0.336. The molecule has 6 nitrogen and oxygen atoms in total. The van der Waals surface area contributed by atoms with Crippen molar-refractivity contribution in [2.45, 2.75) is 6.92 Å². The molecular formula is C14H15N5O. The van der Waals surface area contributed by atoms with Gasteiger partial charge in [0.2, 0.25) is 5.95 Å². The summed E-state index contributed by atoms with van der Waals surface area (Å²) in [4.78, 5) is 8.32. The zero-order valence-electron chi connectivity index (χ0n) is 11.1. The molecular weight excluding hydrogens is 254 g/mol. The number of rotatable bonds is 5. The number of nitrogens with zero attached hydrogens (tertiary/aromatic N) is 3. The van der Waals surface area contributed by atoms with Crippen LogP contribution in [0, 0.1) is 18.3 Å². The van der Waals surface area contributed by atoms with Gasteiger partial charge in [-0.15, -0.1) is 0 Å². The van der Waals surface area contributed by atoms with Gasteiger partial charge in [0.1, 0.15) is 24.1 Å². The van der Waals surface area contributed by atoms with Crippen molar-refractivity contribution in [3.8, 4) is 11.8 Å². The summed E-state index contributed by atoms with van der Waals surface area (Å²) < 4.78 is 5.39. The predicted molar refractivity (Wildman–Crippen MR) is 75.8 cm³/mol. The van der Waals surface area contributed by atoms with Crippen molar-refractivity contribution in [3.63, 3.8) is 0 Å². The highest BCUT2D eigenvalue weighted by Gasteiger charge is 2.02. The third-order valence-electron chi connectivity index (χ3n) is 2.47. The molecule has 0 radical (unpaired) electrons. The van der Waals surface area contributed by atoms with Crippen LogP contribution < -0.4 is 15.8 Å². The average Bonchev–Trinajstić information content (AvgIpc) is 2.46. The smallest absolute Gasteiger partial charge is 0.228 e. The van der Waals surface area contributed by atoms with Gasteiger partial charge in [0.05, 0.1) is 0 Å². The van der Waals surface area contributed by atoms with Gasteiger partial charge in [-0.3, -0.25) is 0 Å². The minimum Gasteiger partial charge on any atom is -0.492 e. The number of aryl methyl sites for hydroxylation is 1. The molecule has 6 heteroatoms. The third-order valence-corrected chi connectivity index (χ3v) is 2.47. The molecule has 0 amide bonds. The van der Waals surface area contributed by atoms with Crippen LogP contribution in [0.15, 0.2) is 30.3 Å². The van der Waals surface area contributed by atoms with Crippen LogP contribution in [-0.4, -0.2) is 23.1 Å². The van der Waals surface area contributed by atoms with Crippen molar-refractivity contribution in [3.05, 3.63) is 41.7 Å². The van der Waals surface area contributed by atoms with Gasteiger partial charge in [-0.2, -0.15) is 5.26 Å². The monoisotopic (exact) mass is 269 g/mol. The van der Waals surface area contributed by atoms with Crippen molar-refractivity contribution in [2.24, 2.45) is 5.73 Å². The van der Waals surface area contributed by atoms with Crippen LogP contribution in [0.25, 0.3) is 0 Å². The van der Waals surface area contributed by atoms with E-state index in [2.05, 4.69) is 15.3 Å². The van der Waals surface area contributed by atoms with Crippen LogP contribution in [-0.2, 0) is 0 Å². The lowest BCUT2D eigenvalue weighted by atomic mass is 10.3. The molecule has 1 aromatic carbocycles. The SMILES string of the molecule is Cc1cc(C#N)nc(Nc2ccc(OCCN)cc2)n1. The van der Waals surface area contributed by atoms with Crippen LogP contribution in [0.2, 0.25) is 0 Å². The number of nitrogens with two attached hydrogens (primary N) is 1. The van der Waals surface area contributed by atoms with E-state index >= 15 is 0 Å². The van der Waals surface area contributed by atoms with E-state index in [0.29, 0.717) is 24.8 Å². The summed E-state index contributed by atoms with van der Waals surface area (Å²) in [5.74, 6) is 1.15. The van der Waals surface area contributed by atoms with Gasteiger partial charge in [0, 0.05) is 17.9 Å². The molecule has 0 fully saturated rings. The van der Waals surface area contributed by atoms with E-state index in [9.17, 15) is 0 Å². The average molecular weight is 269 g/mol. The molecule has 3 N–H and O–H groups in total. The van der Waals surface area contributed by atoms with E-state index in [1.54, 1.807) is 6.07 Å². The van der Waals surface area contributed by atoms with E-state index in [0.717, 1.165) is 17.1 Å². The quantitative estimate of drug-likeness (QED) is 0.858. The highest BCUT2D eigenvalue weighted by Crippen LogP contribution is 2.18. The Morgan fingerprint density at radius 1 is 1.30 bits per heavy atom. The van der Waals surface area contributed by atoms with Gasteiger partial charge < -0.3 is 15.8 Å². The molecule has 1 aromatic heterocycles. The van der Waals surface area contributed by atoms with Crippen molar-refractivity contribution >= 4 is 11.6 Å². The molecule has 0 bridgehead atoms. The number of aromatic nitrogens is 2. The fourth-order valence-corrected chi connectivity index (χ4v) is 1.62. The lowest BCUT2D eigenvalue weighted by Gasteiger charge is -2.08. The molecule has 0 aliphatic heterocycles. The summed E-state index contributed by atoms with van der Waals surface area (Å²) in [7, 11) is 0. The predicted octanol–water partition coefficient (Wildman–Crippen LogP) is 1.74. The molecule has 1 heterocycles. The van der Waals surface area contributed by atoms with Gasteiger partial charge in [-0.05, 0) is 37.3 Å². The van der Waals surface area contributed by atoms with Crippen molar-refractivity contribution in [1.29, 1.82) is 5.26 Å². The molecule has 0 atom stereocenters. The number of nitriles is 1. The second-order valence-electron chi connectivity index (χ2n) is 4.12. The second kappa shape index (κ2) is 6.50. The minimum atomic E-state index is 0.336. The van der Waals surface area contributed by atoms with E-state index < -0.39 is 0 Å². The summed E-state index contributed by atoms with van der Waals surface area (Å²) in [5, 5.41) is 11.9. The molecule has 0 saturated carbocycles. The first kappa shape index (κ1) is 13.8. The molecule has 0 spiro atoms. The van der Waals surface area contributed by atoms with Gasteiger partial charge in [-0.1, -0.05) is 0 Å². The van der Waals surface area contributed by atoms with E-state index in [1.165, 1.54) is 0 Å². The highest BCUT2D eigenvalue weighted by atomic mass is 16.5. The number of benzene rings is 1. The van der Waals surface area contributed by atoms with E-state index in [1.807, 2.05) is 37.3 Å². The largest absolute Gasteiger partial charge is 0.492 e. The summed E-state index contributed by atoms with van der Waals surface area (Å²) in [6.45, 7) is 2.78. The Morgan fingerprint density at radius 3 is 2.70 bits per heavy atom. The first-order chi connectivity index (χ1) is 9.71. The summed E-state index contributed by atoms with van der Waals surface area (Å²) in [5.41, 5.74) is 7.26. The highest BCUT2D eigenvalue weighted by molar-refractivity contribution is 5.55. The maximum atomic E-state index is 8.88. The number of nitrogens with one attached hydrogen (secondary N) is 1.